The van der Waals surface area contributed by atoms with Crippen LogP contribution in [0.4, 0.5) is 0 Å². The van der Waals surface area contributed by atoms with Crippen molar-refractivity contribution in [1.82, 2.24) is 10.6 Å². The van der Waals surface area contributed by atoms with Crippen molar-refractivity contribution >= 4 is 11.8 Å². The minimum Gasteiger partial charge on any atom is -0.497 e. The van der Waals surface area contributed by atoms with Crippen molar-refractivity contribution in [3.05, 3.63) is 59.7 Å². The van der Waals surface area contributed by atoms with Gasteiger partial charge in [0.15, 0.2) is 0 Å². The first-order chi connectivity index (χ1) is 12.9. The second kappa shape index (κ2) is 9.62. The van der Waals surface area contributed by atoms with Gasteiger partial charge in [-0.15, -0.1) is 0 Å². The monoisotopic (exact) mass is 370 g/mol. The fourth-order valence-corrected chi connectivity index (χ4v) is 2.78. The van der Waals surface area contributed by atoms with E-state index in [0.29, 0.717) is 17.1 Å². The van der Waals surface area contributed by atoms with Crippen LogP contribution in [0.25, 0.3) is 0 Å². The molecule has 0 fully saturated rings. The molecule has 144 valence electrons. The largest absolute Gasteiger partial charge is 0.497 e. The Hall–Kier alpha value is -3.02. The standard InChI is InChI=1S/C21H26N2O4/c1-14(22-21(25)16-8-6-5-7-9-16)12-20(24)23-15(2)18-13-17(26-3)10-11-19(18)27-4/h5-11,13-15H,12H2,1-4H3,(H,22,25)(H,23,24). The van der Waals surface area contributed by atoms with Crippen molar-refractivity contribution < 1.29 is 19.1 Å². The molecular formula is C21H26N2O4. The minimum absolute atomic E-state index is 0.159. The summed E-state index contributed by atoms with van der Waals surface area (Å²) in [6.45, 7) is 3.68. The Morgan fingerprint density at radius 3 is 2.30 bits per heavy atom. The van der Waals surface area contributed by atoms with E-state index in [0.717, 1.165) is 5.56 Å². The third-order valence-electron chi connectivity index (χ3n) is 4.19. The van der Waals surface area contributed by atoms with Crippen LogP contribution in [0.2, 0.25) is 0 Å². The van der Waals surface area contributed by atoms with E-state index in [4.69, 9.17) is 9.47 Å². The molecule has 27 heavy (non-hydrogen) atoms. The fraction of sp³-hybridized carbons (Fsp3) is 0.333. The van der Waals surface area contributed by atoms with Crippen LogP contribution in [-0.2, 0) is 4.79 Å². The molecule has 0 aromatic heterocycles. The van der Waals surface area contributed by atoms with Gasteiger partial charge in [-0.1, -0.05) is 18.2 Å². The number of carbonyl (C=O) groups is 2. The van der Waals surface area contributed by atoms with Crippen LogP contribution in [0.5, 0.6) is 11.5 Å². The van der Waals surface area contributed by atoms with Gasteiger partial charge < -0.3 is 20.1 Å². The fourth-order valence-electron chi connectivity index (χ4n) is 2.78. The van der Waals surface area contributed by atoms with Crippen LogP contribution in [0.15, 0.2) is 48.5 Å². The van der Waals surface area contributed by atoms with E-state index in [9.17, 15) is 9.59 Å². The van der Waals surface area contributed by atoms with Gasteiger partial charge in [0.05, 0.1) is 20.3 Å². The van der Waals surface area contributed by atoms with Crippen LogP contribution in [-0.4, -0.2) is 32.1 Å². The predicted molar refractivity (Wildman–Crippen MR) is 104 cm³/mol. The first-order valence-electron chi connectivity index (χ1n) is 8.81. The van der Waals surface area contributed by atoms with E-state index >= 15 is 0 Å². The number of carbonyl (C=O) groups excluding carboxylic acids is 2. The Bertz CT molecular complexity index is 777. The third-order valence-corrected chi connectivity index (χ3v) is 4.19. The molecule has 2 amide bonds. The molecule has 2 atom stereocenters. The highest BCUT2D eigenvalue weighted by atomic mass is 16.5. The molecule has 2 N–H and O–H groups in total. The summed E-state index contributed by atoms with van der Waals surface area (Å²) in [5, 5.41) is 5.78. The van der Waals surface area contributed by atoms with Crippen LogP contribution < -0.4 is 20.1 Å². The molecule has 0 aliphatic carbocycles. The second-order valence-corrected chi connectivity index (χ2v) is 6.34. The molecule has 2 unspecified atom stereocenters. The van der Waals surface area contributed by atoms with E-state index in [1.165, 1.54) is 0 Å². The average Bonchev–Trinajstić information content (AvgIpc) is 2.67. The minimum atomic E-state index is -0.294. The maximum Gasteiger partial charge on any atom is 0.251 e. The quantitative estimate of drug-likeness (QED) is 0.749. The lowest BCUT2D eigenvalue weighted by molar-refractivity contribution is -0.122. The first-order valence-corrected chi connectivity index (χ1v) is 8.81. The van der Waals surface area contributed by atoms with E-state index in [1.54, 1.807) is 57.5 Å². The zero-order chi connectivity index (χ0) is 19.8. The topological polar surface area (TPSA) is 76.7 Å². The van der Waals surface area contributed by atoms with Crippen molar-refractivity contribution in [1.29, 1.82) is 0 Å². The molecule has 0 radical (unpaired) electrons. The SMILES string of the molecule is COc1ccc(OC)c(C(C)NC(=O)CC(C)NC(=O)c2ccccc2)c1. The maximum absolute atomic E-state index is 12.4. The maximum atomic E-state index is 12.4. The lowest BCUT2D eigenvalue weighted by atomic mass is 10.1. The van der Waals surface area contributed by atoms with Gasteiger partial charge in [0.2, 0.25) is 5.91 Å². The molecule has 6 heteroatoms. The summed E-state index contributed by atoms with van der Waals surface area (Å²) in [4.78, 5) is 24.5. The summed E-state index contributed by atoms with van der Waals surface area (Å²) in [5.41, 5.74) is 1.39. The van der Waals surface area contributed by atoms with Crippen LogP contribution in [0.1, 0.15) is 42.2 Å². The van der Waals surface area contributed by atoms with Crippen LogP contribution in [0, 0.1) is 0 Å². The lowest BCUT2D eigenvalue weighted by Gasteiger charge is -2.20. The van der Waals surface area contributed by atoms with Crippen molar-refractivity contribution in [3.63, 3.8) is 0 Å². The van der Waals surface area contributed by atoms with Crippen LogP contribution >= 0.6 is 0 Å². The summed E-state index contributed by atoms with van der Waals surface area (Å²) >= 11 is 0. The Kier molecular flexibility index (Phi) is 7.23. The summed E-state index contributed by atoms with van der Waals surface area (Å²) in [5.74, 6) is 1.01. The number of benzene rings is 2. The summed E-state index contributed by atoms with van der Waals surface area (Å²) in [6, 6.07) is 13.8. The van der Waals surface area contributed by atoms with E-state index in [-0.39, 0.29) is 30.3 Å². The summed E-state index contributed by atoms with van der Waals surface area (Å²) in [6.07, 6.45) is 0.176. The highest BCUT2D eigenvalue weighted by Crippen LogP contribution is 2.29. The number of hydrogen-bond acceptors (Lipinski definition) is 4. The number of amides is 2. The average molecular weight is 370 g/mol. The first kappa shape index (κ1) is 20.3. The Labute approximate surface area is 159 Å². The lowest BCUT2D eigenvalue weighted by Crippen LogP contribution is -2.38. The Morgan fingerprint density at radius 2 is 1.67 bits per heavy atom. The van der Waals surface area contributed by atoms with Gasteiger partial charge in [0, 0.05) is 23.6 Å². The number of ether oxygens (including phenoxy) is 2. The molecule has 0 saturated carbocycles. The number of methoxy groups -OCH3 is 2. The molecule has 6 nitrogen and oxygen atoms in total. The molecule has 2 rings (SSSR count). The molecule has 0 aliphatic heterocycles. The van der Waals surface area contributed by atoms with Gasteiger partial charge in [0.1, 0.15) is 11.5 Å². The molecule has 0 aliphatic rings. The normalized spacial score (nSPS) is 12.6. The number of hydrogen-bond donors (Lipinski definition) is 2. The van der Waals surface area contributed by atoms with Crippen molar-refractivity contribution in [2.75, 3.05) is 14.2 Å². The predicted octanol–water partition coefficient (Wildman–Crippen LogP) is 3.09. The molecule has 2 aromatic carbocycles. The Morgan fingerprint density at radius 1 is 0.963 bits per heavy atom. The van der Waals surface area contributed by atoms with E-state index in [1.807, 2.05) is 19.1 Å². The second-order valence-electron chi connectivity index (χ2n) is 6.34. The third kappa shape index (κ3) is 5.74. The summed E-state index contributed by atoms with van der Waals surface area (Å²) < 4.78 is 10.6. The van der Waals surface area contributed by atoms with Gasteiger partial charge in [-0.2, -0.15) is 0 Å². The zero-order valence-electron chi connectivity index (χ0n) is 16.1. The van der Waals surface area contributed by atoms with Gasteiger partial charge in [-0.25, -0.2) is 0 Å². The molecule has 0 saturated heterocycles. The molecule has 2 aromatic rings. The highest BCUT2D eigenvalue weighted by molar-refractivity contribution is 5.94. The van der Waals surface area contributed by atoms with Crippen LogP contribution in [0.3, 0.4) is 0 Å². The van der Waals surface area contributed by atoms with Crippen molar-refractivity contribution in [2.24, 2.45) is 0 Å². The highest BCUT2D eigenvalue weighted by Gasteiger charge is 2.18. The van der Waals surface area contributed by atoms with Gasteiger partial charge in [0.25, 0.3) is 5.91 Å². The van der Waals surface area contributed by atoms with Gasteiger partial charge in [-0.3, -0.25) is 9.59 Å². The van der Waals surface area contributed by atoms with E-state index in [2.05, 4.69) is 10.6 Å². The van der Waals surface area contributed by atoms with E-state index < -0.39 is 0 Å². The Balaban J connectivity index is 1.94. The van der Waals surface area contributed by atoms with Crippen molar-refractivity contribution in [2.45, 2.75) is 32.4 Å². The van der Waals surface area contributed by atoms with Crippen molar-refractivity contribution in [3.8, 4) is 11.5 Å². The number of nitrogens with one attached hydrogen (secondary N) is 2. The van der Waals surface area contributed by atoms with Gasteiger partial charge >= 0.3 is 0 Å². The zero-order valence-corrected chi connectivity index (χ0v) is 16.1. The molecule has 0 heterocycles. The number of rotatable bonds is 8. The molecular weight excluding hydrogens is 344 g/mol. The molecule has 0 bridgehead atoms. The van der Waals surface area contributed by atoms with Gasteiger partial charge in [-0.05, 0) is 44.2 Å². The summed E-state index contributed by atoms with van der Waals surface area (Å²) in [7, 11) is 3.17. The molecule has 0 spiro atoms. The smallest absolute Gasteiger partial charge is 0.251 e.